The lowest BCUT2D eigenvalue weighted by Gasteiger charge is -2.61. The van der Waals surface area contributed by atoms with Crippen LogP contribution in [0.15, 0.2) is 12.7 Å². The molecule has 0 amide bonds. The molecule has 1 aromatic heterocycles. The zero-order valence-electron chi connectivity index (χ0n) is 11.8. The summed E-state index contributed by atoms with van der Waals surface area (Å²) in [7, 11) is 0. The molecule has 0 saturated heterocycles. The van der Waals surface area contributed by atoms with Crippen LogP contribution in [0.25, 0.3) is 0 Å². The Morgan fingerprint density at radius 3 is 2.00 bits per heavy atom. The molecule has 4 fully saturated rings. The lowest BCUT2D eigenvalue weighted by Crippen LogP contribution is -2.60. The van der Waals surface area contributed by atoms with Crippen molar-refractivity contribution in [2.24, 2.45) is 23.2 Å². The molecular formula is C15H21N3O2. The Balaban J connectivity index is 1.83. The second kappa shape index (κ2) is 3.83. The van der Waals surface area contributed by atoms with Gasteiger partial charge in [-0.2, -0.15) is 0 Å². The van der Waals surface area contributed by atoms with Crippen LogP contribution in [-0.2, 0) is 10.3 Å². The van der Waals surface area contributed by atoms with Crippen molar-refractivity contribution >= 4 is 5.97 Å². The third kappa shape index (κ3) is 1.41. The van der Waals surface area contributed by atoms with Gasteiger partial charge in [0.1, 0.15) is 18.2 Å². The van der Waals surface area contributed by atoms with E-state index in [0.717, 1.165) is 37.0 Å². The first-order chi connectivity index (χ1) is 9.53. The molecule has 0 radical (unpaired) electrons. The Hall–Kier alpha value is -1.39. The van der Waals surface area contributed by atoms with E-state index in [1.807, 2.05) is 6.92 Å². The molecule has 4 aliphatic rings. The first-order valence-electron chi connectivity index (χ1n) is 7.62. The first-order valence-corrected chi connectivity index (χ1v) is 7.62. The summed E-state index contributed by atoms with van der Waals surface area (Å²) in [6.45, 7) is 1.88. The van der Waals surface area contributed by atoms with Crippen LogP contribution in [0.4, 0.5) is 0 Å². The third-order valence-corrected chi connectivity index (χ3v) is 6.42. The molecule has 0 aliphatic heterocycles. The zero-order valence-corrected chi connectivity index (χ0v) is 11.8. The molecule has 0 aromatic carbocycles. The second-order valence-corrected chi connectivity index (χ2v) is 7.44. The van der Waals surface area contributed by atoms with Crippen molar-refractivity contribution in [3.8, 4) is 0 Å². The normalized spacial score (nSPS) is 41.5. The summed E-state index contributed by atoms with van der Waals surface area (Å²) in [6, 6.07) is 0. The summed E-state index contributed by atoms with van der Waals surface area (Å²) >= 11 is 0. The molecule has 1 atom stereocenters. The van der Waals surface area contributed by atoms with Gasteiger partial charge in [-0.05, 0) is 63.2 Å². The Morgan fingerprint density at radius 2 is 1.60 bits per heavy atom. The quantitative estimate of drug-likeness (QED) is 0.919. The van der Waals surface area contributed by atoms with E-state index >= 15 is 0 Å². The van der Waals surface area contributed by atoms with E-state index in [4.69, 9.17) is 0 Å². The van der Waals surface area contributed by atoms with Crippen molar-refractivity contribution < 1.29 is 9.90 Å². The molecule has 1 aromatic rings. The third-order valence-electron chi connectivity index (χ3n) is 6.42. The number of hydrogen-bond donors (Lipinski definition) is 1. The van der Waals surface area contributed by atoms with Crippen molar-refractivity contribution in [3.63, 3.8) is 0 Å². The average Bonchev–Trinajstić information content (AvgIpc) is 2.89. The molecule has 5 heteroatoms. The topological polar surface area (TPSA) is 68.0 Å². The van der Waals surface area contributed by atoms with Crippen LogP contribution < -0.4 is 0 Å². The predicted octanol–water partition coefficient (Wildman–Crippen LogP) is 2.29. The second-order valence-electron chi connectivity index (χ2n) is 7.44. The van der Waals surface area contributed by atoms with Gasteiger partial charge in [-0.15, -0.1) is 10.2 Å². The Morgan fingerprint density at radius 1 is 1.15 bits per heavy atom. The van der Waals surface area contributed by atoms with Gasteiger partial charge in [-0.1, -0.05) is 0 Å². The number of nitrogens with zero attached hydrogens (tertiary/aromatic N) is 3. The maximum atomic E-state index is 12.2. The Bertz CT molecular complexity index is 504. The number of rotatable bonds is 3. The van der Waals surface area contributed by atoms with Crippen molar-refractivity contribution in [1.29, 1.82) is 0 Å². The van der Waals surface area contributed by atoms with E-state index < -0.39 is 11.5 Å². The van der Waals surface area contributed by atoms with Crippen molar-refractivity contribution in [1.82, 2.24) is 14.8 Å². The van der Waals surface area contributed by atoms with E-state index in [1.165, 1.54) is 19.3 Å². The molecule has 108 valence electrons. The predicted molar refractivity (Wildman–Crippen MR) is 71.9 cm³/mol. The number of hydrogen-bond acceptors (Lipinski definition) is 3. The SMILES string of the molecule is CC(C(=O)O)(n1cnnc1)C12CC3CC(CC(C3)C1)C2. The van der Waals surface area contributed by atoms with E-state index in [9.17, 15) is 9.90 Å². The molecule has 5 rings (SSSR count). The average molecular weight is 275 g/mol. The van der Waals surface area contributed by atoms with Crippen LogP contribution >= 0.6 is 0 Å². The molecule has 1 heterocycles. The minimum atomic E-state index is -0.910. The molecule has 4 aliphatic carbocycles. The van der Waals surface area contributed by atoms with Gasteiger partial charge in [-0.3, -0.25) is 0 Å². The summed E-state index contributed by atoms with van der Waals surface area (Å²) in [4.78, 5) is 12.2. The summed E-state index contributed by atoms with van der Waals surface area (Å²) < 4.78 is 1.74. The lowest BCUT2D eigenvalue weighted by molar-refractivity contribution is -0.172. The molecular weight excluding hydrogens is 254 g/mol. The van der Waals surface area contributed by atoms with Gasteiger partial charge >= 0.3 is 5.97 Å². The smallest absolute Gasteiger partial charge is 0.330 e. The number of carbonyl (C=O) groups is 1. The summed E-state index contributed by atoms with van der Waals surface area (Å²) in [6.07, 6.45) is 10.3. The number of aliphatic carboxylic acids is 1. The van der Waals surface area contributed by atoms with Crippen LogP contribution in [0.5, 0.6) is 0 Å². The minimum Gasteiger partial charge on any atom is -0.479 e. The molecule has 0 spiro atoms. The van der Waals surface area contributed by atoms with Crippen molar-refractivity contribution in [2.75, 3.05) is 0 Å². The maximum Gasteiger partial charge on any atom is 0.330 e. The minimum absolute atomic E-state index is 0.115. The van der Waals surface area contributed by atoms with E-state index in [1.54, 1.807) is 17.2 Å². The molecule has 4 saturated carbocycles. The molecule has 5 nitrogen and oxygen atoms in total. The van der Waals surface area contributed by atoms with Crippen LogP contribution in [0.3, 0.4) is 0 Å². The highest BCUT2D eigenvalue weighted by molar-refractivity contribution is 5.77. The van der Waals surface area contributed by atoms with Gasteiger partial charge in [0.25, 0.3) is 0 Å². The van der Waals surface area contributed by atoms with Gasteiger partial charge in [0, 0.05) is 5.41 Å². The van der Waals surface area contributed by atoms with Gasteiger partial charge in [0.2, 0.25) is 0 Å². The van der Waals surface area contributed by atoms with E-state index in [2.05, 4.69) is 10.2 Å². The van der Waals surface area contributed by atoms with E-state index in [-0.39, 0.29) is 5.41 Å². The first kappa shape index (κ1) is 12.4. The van der Waals surface area contributed by atoms with Gasteiger partial charge in [-0.25, -0.2) is 4.79 Å². The van der Waals surface area contributed by atoms with Crippen LogP contribution in [0.1, 0.15) is 45.4 Å². The molecule has 1 unspecified atom stereocenters. The van der Waals surface area contributed by atoms with Crippen molar-refractivity contribution in [2.45, 2.75) is 51.0 Å². The van der Waals surface area contributed by atoms with Gasteiger partial charge in [0.05, 0.1) is 0 Å². The highest BCUT2D eigenvalue weighted by Crippen LogP contribution is 2.65. The standard InChI is InChI=1S/C15H21N3O2/c1-14(13(19)20,18-8-16-17-9-18)15-5-10-2-11(6-15)4-12(3-10)7-15/h8-12H,2-7H2,1H3,(H,19,20). The largest absolute Gasteiger partial charge is 0.479 e. The number of aromatic nitrogens is 3. The Labute approximate surface area is 118 Å². The maximum absolute atomic E-state index is 12.2. The van der Waals surface area contributed by atoms with Crippen LogP contribution in [0, 0.1) is 23.2 Å². The fraction of sp³-hybridized carbons (Fsp3) is 0.800. The Kier molecular flexibility index (Phi) is 2.37. The zero-order chi connectivity index (χ0) is 14.0. The monoisotopic (exact) mass is 275 g/mol. The lowest BCUT2D eigenvalue weighted by atomic mass is 9.44. The fourth-order valence-corrected chi connectivity index (χ4v) is 5.75. The molecule has 20 heavy (non-hydrogen) atoms. The fourth-order valence-electron chi connectivity index (χ4n) is 5.75. The summed E-state index contributed by atoms with van der Waals surface area (Å²) in [5.74, 6) is 1.46. The van der Waals surface area contributed by atoms with E-state index in [0.29, 0.717) is 0 Å². The van der Waals surface area contributed by atoms with Crippen molar-refractivity contribution in [3.05, 3.63) is 12.7 Å². The highest BCUT2D eigenvalue weighted by Gasteiger charge is 2.62. The van der Waals surface area contributed by atoms with Crippen LogP contribution in [-0.4, -0.2) is 25.8 Å². The molecule has 1 N–H and O–H groups in total. The number of carboxylic acid groups (broad SMARTS) is 1. The summed E-state index contributed by atoms with van der Waals surface area (Å²) in [5, 5.41) is 17.7. The van der Waals surface area contributed by atoms with Gasteiger partial charge in [0.15, 0.2) is 0 Å². The highest BCUT2D eigenvalue weighted by atomic mass is 16.4. The number of carboxylic acids is 1. The molecule has 4 bridgehead atoms. The van der Waals surface area contributed by atoms with Gasteiger partial charge < -0.3 is 9.67 Å². The van der Waals surface area contributed by atoms with Crippen LogP contribution in [0.2, 0.25) is 0 Å². The summed E-state index contributed by atoms with van der Waals surface area (Å²) in [5.41, 5.74) is -1.03.